The molecule has 1 amide bonds. The van der Waals surface area contributed by atoms with Gasteiger partial charge < -0.3 is 14.8 Å². The van der Waals surface area contributed by atoms with Crippen molar-refractivity contribution >= 4 is 35.3 Å². The maximum absolute atomic E-state index is 12.7. The molecular formula is C16H14F3NO5S. The minimum absolute atomic E-state index is 0.0487. The lowest BCUT2D eigenvalue weighted by molar-refractivity contribution is -0.161. The average molecular weight is 389 g/mol. The summed E-state index contributed by atoms with van der Waals surface area (Å²) in [6, 6.07) is 3.01. The molecule has 0 spiro atoms. The Morgan fingerprint density at radius 2 is 2.12 bits per heavy atom. The number of halogens is 3. The summed E-state index contributed by atoms with van der Waals surface area (Å²) in [5.41, 5.74) is -0.823. The molecule has 0 aliphatic carbocycles. The fourth-order valence-corrected chi connectivity index (χ4v) is 3.71. The number of hydrogen-bond acceptors (Lipinski definition) is 6. The molecule has 0 aromatic heterocycles. The molecule has 1 saturated heterocycles. The maximum Gasteiger partial charge on any atom is 0.416 e. The average Bonchev–Trinajstić information content (AvgIpc) is 2.84. The third-order valence-corrected chi connectivity index (χ3v) is 5.15. The van der Waals surface area contributed by atoms with E-state index in [0.717, 1.165) is 23.9 Å². The number of ether oxygens (including phenoxy) is 2. The van der Waals surface area contributed by atoms with Crippen molar-refractivity contribution in [3.05, 3.63) is 23.8 Å². The van der Waals surface area contributed by atoms with E-state index in [1.54, 1.807) is 6.92 Å². The van der Waals surface area contributed by atoms with E-state index in [1.807, 2.05) is 0 Å². The molecule has 0 saturated carbocycles. The van der Waals surface area contributed by atoms with E-state index in [-0.39, 0.29) is 24.6 Å². The predicted octanol–water partition coefficient (Wildman–Crippen LogP) is 2.76. The number of esters is 2. The van der Waals surface area contributed by atoms with Crippen LogP contribution in [0, 0.1) is 0 Å². The van der Waals surface area contributed by atoms with Crippen LogP contribution in [0.2, 0.25) is 0 Å². The first-order valence-electron chi connectivity index (χ1n) is 7.72. The van der Waals surface area contributed by atoms with Crippen LogP contribution in [0.1, 0.15) is 25.3 Å². The van der Waals surface area contributed by atoms with Gasteiger partial charge in [0.05, 0.1) is 22.9 Å². The van der Waals surface area contributed by atoms with Crippen molar-refractivity contribution in [2.75, 3.05) is 5.32 Å². The van der Waals surface area contributed by atoms with Crippen molar-refractivity contribution in [3.8, 4) is 0 Å². The number of anilines is 1. The van der Waals surface area contributed by atoms with E-state index in [1.165, 1.54) is 6.07 Å². The van der Waals surface area contributed by atoms with Crippen LogP contribution in [0.5, 0.6) is 0 Å². The van der Waals surface area contributed by atoms with Gasteiger partial charge in [-0.1, -0.05) is 0 Å². The molecule has 0 unspecified atom stereocenters. The minimum Gasteiger partial charge on any atom is -0.460 e. The normalized spacial score (nSPS) is 25.3. The molecule has 2 aliphatic rings. The highest BCUT2D eigenvalue weighted by Gasteiger charge is 2.37. The second-order valence-corrected chi connectivity index (χ2v) is 7.21. The molecule has 1 fully saturated rings. The Bertz CT molecular complexity index is 767. The molecule has 1 N–H and O–H groups in total. The number of benzene rings is 1. The van der Waals surface area contributed by atoms with Gasteiger partial charge in [0.25, 0.3) is 0 Å². The minimum atomic E-state index is -4.52. The van der Waals surface area contributed by atoms with Crippen LogP contribution in [-0.4, -0.2) is 35.3 Å². The van der Waals surface area contributed by atoms with Gasteiger partial charge in [-0.15, -0.1) is 11.8 Å². The molecule has 6 nitrogen and oxygen atoms in total. The summed E-state index contributed by atoms with van der Waals surface area (Å²) < 4.78 is 48.1. The monoisotopic (exact) mass is 389 g/mol. The van der Waals surface area contributed by atoms with Crippen LogP contribution in [0.4, 0.5) is 18.9 Å². The molecule has 26 heavy (non-hydrogen) atoms. The van der Waals surface area contributed by atoms with Gasteiger partial charge in [-0.2, -0.15) is 13.2 Å². The summed E-state index contributed by atoms with van der Waals surface area (Å²) in [4.78, 5) is 36.0. The molecule has 2 aliphatic heterocycles. The van der Waals surface area contributed by atoms with Gasteiger partial charge >= 0.3 is 18.1 Å². The molecule has 140 valence electrons. The van der Waals surface area contributed by atoms with Crippen LogP contribution in [0.15, 0.2) is 23.1 Å². The molecular weight excluding hydrogens is 375 g/mol. The number of hydrogen-bond donors (Lipinski definition) is 1. The molecule has 0 bridgehead atoms. The summed E-state index contributed by atoms with van der Waals surface area (Å²) in [6.45, 7) is 1.67. The van der Waals surface area contributed by atoms with E-state index in [4.69, 9.17) is 9.47 Å². The molecule has 1 aromatic carbocycles. The summed E-state index contributed by atoms with van der Waals surface area (Å²) in [7, 11) is 0. The van der Waals surface area contributed by atoms with Crippen LogP contribution >= 0.6 is 11.8 Å². The summed E-state index contributed by atoms with van der Waals surface area (Å²) in [5, 5.41) is 1.52. The number of fused-ring (bicyclic) bond motifs is 1. The number of carbonyl (C=O) groups excluding carboxylic acids is 3. The van der Waals surface area contributed by atoms with Crippen molar-refractivity contribution in [2.45, 2.75) is 48.3 Å². The number of nitrogens with one attached hydrogen (secondary N) is 1. The fraction of sp³-hybridized carbons (Fsp3) is 0.438. The number of thioether (sulfide) groups is 1. The van der Waals surface area contributed by atoms with Crippen LogP contribution < -0.4 is 5.32 Å². The number of carbonyl (C=O) groups is 3. The molecule has 3 atom stereocenters. The maximum atomic E-state index is 12.7. The molecule has 1 aromatic rings. The van der Waals surface area contributed by atoms with Gasteiger partial charge in [0.1, 0.15) is 6.10 Å². The topological polar surface area (TPSA) is 81.7 Å². The third-order valence-electron chi connectivity index (χ3n) is 3.88. The van der Waals surface area contributed by atoms with Crippen molar-refractivity contribution in [2.24, 2.45) is 0 Å². The zero-order valence-corrected chi connectivity index (χ0v) is 14.3. The largest absolute Gasteiger partial charge is 0.460 e. The first-order chi connectivity index (χ1) is 12.1. The van der Waals surface area contributed by atoms with E-state index < -0.39 is 40.9 Å². The Balaban J connectivity index is 1.65. The Morgan fingerprint density at radius 1 is 1.38 bits per heavy atom. The quantitative estimate of drug-likeness (QED) is 0.801. The van der Waals surface area contributed by atoms with Crippen molar-refractivity contribution in [1.82, 2.24) is 0 Å². The summed E-state index contributed by atoms with van der Waals surface area (Å²) >= 11 is 0.976. The van der Waals surface area contributed by atoms with E-state index in [0.29, 0.717) is 4.90 Å². The van der Waals surface area contributed by atoms with E-state index in [2.05, 4.69) is 5.32 Å². The van der Waals surface area contributed by atoms with Gasteiger partial charge in [-0.3, -0.25) is 9.59 Å². The Kier molecular flexibility index (Phi) is 4.87. The number of amides is 1. The van der Waals surface area contributed by atoms with Gasteiger partial charge in [0.2, 0.25) is 12.0 Å². The predicted molar refractivity (Wildman–Crippen MR) is 84.4 cm³/mol. The van der Waals surface area contributed by atoms with Crippen molar-refractivity contribution in [3.63, 3.8) is 0 Å². The van der Waals surface area contributed by atoms with Gasteiger partial charge in [-0.25, -0.2) is 4.79 Å². The van der Waals surface area contributed by atoms with Gasteiger partial charge in [0, 0.05) is 11.3 Å². The second kappa shape index (κ2) is 6.82. The first kappa shape index (κ1) is 18.6. The SMILES string of the molecule is C[C@@H]1C[C@@H](OC(=O)C[C@@H]2Sc3ccc(C(F)(F)F)cc3NC2=O)C(=O)O1. The molecule has 3 rings (SSSR count). The lowest BCUT2D eigenvalue weighted by Gasteiger charge is -2.24. The third kappa shape index (κ3) is 3.95. The highest BCUT2D eigenvalue weighted by molar-refractivity contribution is 8.01. The zero-order valence-electron chi connectivity index (χ0n) is 13.5. The van der Waals surface area contributed by atoms with Crippen LogP contribution in [-0.2, 0) is 30.0 Å². The smallest absolute Gasteiger partial charge is 0.416 e. The van der Waals surface area contributed by atoms with E-state index in [9.17, 15) is 27.6 Å². The van der Waals surface area contributed by atoms with E-state index >= 15 is 0 Å². The number of cyclic esters (lactones) is 1. The standard InChI is InChI=1S/C16H14F3NO5S/c1-7-4-10(15(23)24-7)25-13(21)6-12-14(22)20-9-5-8(16(17,18)19)2-3-11(9)26-12/h2-3,5,7,10,12H,4,6H2,1H3,(H,20,22)/t7-,10-,12+/m1/s1. The molecule has 0 radical (unpaired) electrons. The van der Waals surface area contributed by atoms with Crippen molar-refractivity contribution < 1.29 is 37.0 Å². The van der Waals surface area contributed by atoms with Gasteiger partial charge in [-0.05, 0) is 25.1 Å². The lowest BCUT2D eigenvalue weighted by atomic mass is 10.1. The Hall–Kier alpha value is -2.23. The van der Waals surface area contributed by atoms with Crippen LogP contribution in [0.25, 0.3) is 0 Å². The number of rotatable bonds is 3. The highest BCUT2D eigenvalue weighted by Crippen LogP contribution is 2.40. The van der Waals surface area contributed by atoms with Crippen LogP contribution in [0.3, 0.4) is 0 Å². The molecule has 10 heteroatoms. The Labute approximate surface area is 150 Å². The molecule has 2 heterocycles. The number of alkyl halides is 3. The summed E-state index contributed by atoms with van der Waals surface area (Å²) in [6.07, 6.45) is -5.91. The first-order valence-corrected chi connectivity index (χ1v) is 8.60. The lowest BCUT2D eigenvalue weighted by Crippen LogP contribution is -2.33. The second-order valence-electron chi connectivity index (χ2n) is 5.97. The fourth-order valence-electron chi connectivity index (χ4n) is 2.64. The Morgan fingerprint density at radius 3 is 2.73 bits per heavy atom. The summed E-state index contributed by atoms with van der Waals surface area (Å²) in [5.74, 6) is -1.97. The highest BCUT2D eigenvalue weighted by atomic mass is 32.2. The zero-order chi connectivity index (χ0) is 19.1. The van der Waals surface area contributed by atoms with Gasteiger partial charge in [0.15, 0.2) is 0 Å². The van der Waals surface area contributed by atoms with Crippen molar-refractivity contribution in [1.29, 1.82) is 0 Å².